The van der Waals surface area contributed by atoms with E-state index in [0.29, 0.717) is 33.8 Å². The lowest BCUT2D eigenvalue weighted by molar-refractivity contribution is -0.138. The maximum absolute atomic E-state index is 14.2. The molecule has 2 aliphatic carbocycles. The Bertz CT molecular complexity index is 1950. The maximum atomic E-state index is 14.2. The van der Waals surface area contributed by atoms with Gasteiger partial charge in [-0.1, -0.05) is 23.8 Å². The highest BCUT2D eigenvalue weighted by Gasteiger charge is 2.76. The van der Waals surface area contributed by atoms with Crippen LogP contribution in [0.3, 0.4) is 0 Å². The van der Waals surface area contributed by atoms with E-state index in [1.165, 1.54) is 11.9 Å². The second-order valence-electron chi connectivity index (χ2n) is 12.0. The number of para-hydroxylation sites is 2. The monoisotopic (exact) mass is 645 g/mol. The highest BCUT2D eigenvalue weighted by atomic mass is 35.5. The Morgan fingerprint density at radius 3 is 2.40 bits per heavy atom. The molecule has 2 aliphatic heterocycles. The van der Waals surface area contributed by atoms with Gasteiger partial charge in [-0.25, -0.2) is 4.98 Å². The SMILES string of the molecule is CN1C(=O)[C@]2(Cl)C[C@@H]3C(=CC[C@@H]4C(=O)N(c5ccc(-c6nc7ccccc7o6)cc5)C(=O)[C@@H]43)[C@H](c3ccc(CO)o3)[C@]2(Cl)C1=O. The molecule has 2 saturated heterocycles. The quantitative estimate of drug-likeness (QED) is 0.190. The van der Waals surface area contributed by atoms with Crippen LogP contribution < -0.4 is 4.90 Å². The fraction of sp³-hybridized carbons (Fsp3) is 0.303. The predicted octanol–water partition coefficient (Wildman–Crippen LogP) is 4.77. The van der Waals surface area contributed by atoms with Gasteiger partial charge in [0, 0.05) is 12.6 Å². The minimum Gasteiger partial charge on any atom is -0.463 e. The van der Waals surface area contributed by atoms with Crippen molar-refractivity contribution in [1.29, 1.82) is 0 Å². The minimum absolute atomic E-state index is 0.118. The highest BCUT2D eigenvalue weighted by Crippen LogP contribution is 2.65. The number of imide groups is 2. The topological polar surface area (TPSA) is 134 Å². The fourth-order valence-electron chi connectivity index (χ4n) is 7.69. The van der Waals surface area contributed by atoms with Crippen LogP contribution in [-0.2, 0) is 25.8 Å². The second-order valence-corrected chi connectivity index (χ2v) is 13.2. The summed E-state index contributed by atoms with van der Waals surface area (Å²) in [6, 6.07) is 17.4. The van der Waals surface area contributed by atoms with Gasteiger partial charge in [-0.3, -0.25) is 29.0 Å². The Labute approximate surface area is 266 Å². The molecule has 0 unspecified atom stereocenters. The van der Waals surface area contributed by atoms with Gasteiger partial charge in [0.15, 0.2) is 15.3 Å². The standard InChI is InChI=1S/C33H25Cl2N3O7/c1-37-30(42)32(34)14-21-19(26(33(32,35)31(37)43)24-13-10-18(15-39)44-24)11-12-20-25(21)29(41)38(28(20)40)17-8-6-16(7-9-17)27-36-22-4-2-3-5-23(22)45-27/h2-11,13,20-21,25-26,39H,12,14-15H2,1H3/t20-,21+,25-,26+,32+,33-/m0/s1. The summed E-state index contributed by atoms with van der Waals surface area (Å²) < 4.78 is 11.7. The van der Waals surface area contributed by atoms with Crippen molar-refractivity contribution in [3.05, 3.63) is 83.8 Å². The molecule has 4 aromatic rings. The van der Waals surface area contributed by atoms with Crippen LogP contribution in [-0.4, -0.2) is 55.4 Å². The number of aliphatic hydroxyl groups is 1. The number of halogens is 2. The van der Waals surface area contributed by atoms with Gasteiger partial charge >= 0.3 is 0 Å². The first-order valence-corrected chi connectivity index (χ1v) is 15.3. The van der Waals surface area contributed by atoms with E-state index in [2.05, 4.69) is 4.98 Å². The number of aliphatic hydroxyl groups excluding tert-OH is 1. The molecule has 228 valence electrons. The van der Waals surface area contributed by atoms with Crippen LogP contribution >= 0.6 is 23.2 Å². The number of carbonyl (C=O) groups excluding carboxylic acids is 4. The van der Waals surface area contributed by atoms with Crippen molar-refractivity contribution in [3.63, 3.8) is 0 Å². The lowest BCUT2D eigenvalue weighted by atomic mass is 9.57. The summed E-state index contributed by atoms with van der Waals surface area (Å²) in [4.78, 5) is 58.0. The molecule has 4 heterocycles. The van der Waals surface area contributed by atoms with E-state index in [1.807, 2.05) is 30.3 Å². The molecule has 0 radical (unpaired) electrons. The maximum Gasteiger partial charge on any atom is 0.253 e. The molecule has 1 N–H and O–H groups in total. The first-order valence-electron chi connectivity index (χ1n) is 14.5. The van der Waals surface area contributed by atoms with Crippen molar-refractivity contribution >= 4 is 63.6 Å². The van der Waals surface area contributed by atoms with Crippen LogP contribution in [0.5, 0.6) is 0 Å². The van der Waals surface area contributed by atoms with Crippen molar-refractivity contribution < 1.29 is 33.1 Å². The number of oxazole rings is 1. The number of amides is 4. The Morgan fingerprint density at radius 1 is 0.933 bits per heavy atom. The van der Waals surface area contributed by atoms with Gasteiger partial charge in [-0.2, -0.15) is 0 Å². The average Bonchev–Trinajstić information content (AvgIpc) is 3.78. The molecule has 6 atom stereocenters. The zero-order chi connectivity index (χ0) is 31.4. The number of nitrogens with zero attached hydrogens (tertiary/aromatic N) is 3. The van der Waals surface area contributed by atoms with E-state index in [9.17, 15) is 24.3 Å². The van der Waals surface area contributed by atoms with Crippen molar-refractivity contribution in [2.45, 2.75) is 35.1 Å². The Balaban J connectivity index is 1.17. The summed E-state index contributed by atoms with van der Waals surface area (Å²) in [5, 5.41) is 9.67. The van der Waals surface area contributed by atoms with Crippen LogP contribution in [0.15, 0.2) is 81.1 Å². The van der Waals surface area contributed by atoms with Crippen LogP contribution in [0.4, 0.5) is 5.69 Å². The lowest BCUT2D eigenvalue weighted by Gasteiger charge is -2.49. The molecule has 4 aliphatic rings. The summed E-state index contributed by atoms with van der Waals surface area (Å²) in [5.74, 6) is -4.44. The van der Waals surface area contributed by atoms with Crippen molar-refractivity contribution in [2.24, 2.45) is 17.8 Å². The number of hydrogen-bond acceptors (Lipinski definition) is 8. The van der Waals surface area contributed by atoms with Crippen LogP contribution in [0.1, 0.15) is 30.3 Å². The van der Waals surface area contributed by atoms with E-state index in [0.717, 1.165) is 4.90 Å². The first kappa shape index (κ1) is 28.2. The summed E-state index contributed by atoms with van der Waals surface area (Å²) in [6.07, 6.45) is 1.94. The van der Waals surface area contributed by atoms with E-state index in [-0.39, 0.29) is 36.9 Å². The van der Waals surface area contributed by atoms with Crippen molar-refractivity contribution in [3.8, 4) is 11.5 Å². The molecule has 3 fully saturated rings. The van der Waals surface area contributed by atoms with Crippen LogP contribution in [0.25, 0.3) is 22.6 Å². The molecule has 1 saturated carbocycles. The number of hydrogen-bond donors (Lipinski definition) is 1. The number of furan rings is 1. The van der Waals surface area contributed by atoms with Gasteiger partial charge in [-0.15, -0.1) is 23.2 Å². The number of fused-ring (bicyclic) bond motifs is 5. The average molecular weight is 646 g/mol. The summed E-state index contributed by atoms with van der Waals surface area (Å²) in [6.45, 7) is -0.388. The van der Waals surface area contributed by atoms with Gasteiger partial charge < -0.3 is 13.9 Å². The third-order valence-electron chi connectivity index (χ3n) is 9.80. The normalized spacial score (nSPS) is 31.0. The van der Waals surface area contributed by atoms with E-state index in [4.69, 9.17) is 32.0 Å². The summed E-state index contributed by atoms with van der Waals surface area (Å²) in [5.41, 5.74) is 3.06. The molecule has 2 aromatic carbocycles. The third kappa shape index (κ3) is 3.64. The molecule has 0 spiro atoms. The number of aromatic nitrogens is 1. The summed E-state index contributed by atoms with van der Waals surface area (Å²) >= 11 is 14.3. The van der Waals surface area contributed by atoms with Gasteiger partial charge in [-0.05, 0) is 67.3 Å². The van der Waals surface area contributed by atoms with Gasteiger partial charge in [0.2, 0.25) is 17.7 Å². The van der Waals surface area contributed by atoms with E-state index in [1.54, 1.807) is 36.4 Å². The number of anilines is 1. The highest BCUT2D eigenvalue weighted by molar-refractivity contribution is 6.53. The van der Waals surface area contributed by atoms with Crippen molar-refractivity contribution in [1.82, 2.24) is 9.88 Å². The molecule has 45 heavy (non-hydrogen) atoms. The lowest BCUT2D eigenvalue weighted by Crippen LogP contribution is -2.60. The molecular weight excluding hydrogens is 621 g/mol. The number of likely N-dealkylation sites (tertiary alicyclic amines) is 1. The minimum atomic E-state index is -1.94. The van der Waals surface area contributed by atoms with Crippen molar-refractivity contribution in [2.75, 3.05) is 11.9 Å². The number of benzene rings is 2. The zero-order valence-electron chi connectivity index (χ0n) is 23.8. The van der Waals surface area contributed by atoms with E-state index >= 15 is 0 Å². The fourth-order valence-corrected chi connectivity index (χ4v) is 8.70. The zero-order valence-corrected chi connectivity index (χ0v) is 25.3. The number of rotatable bonds is 4. The van der Waals surface area contributed by atoms with E-state index < -0.39 is 51.1 Å². The number of carbonyl (C=O) groups is 4. The van der Waals surface area contributed by atoms with Gasteiger partial charge in [0.1, 0.15) is 23.6 Å². The molecule has 10 nitrogen and oxygen atoms in total. The third-order valence-corrected chi connectivity index (χ3v) is 11.2. The predicted molar refractivity (Wildman–Crippen MR) is 162 cm³/mol. The molecule has 2 aromatic heterocycles. The Kier molecular flexibility index (Phi) is 6.04. The Hall–Kier alpha value is -4.25. The van der Waals surface area contributed by atoms with Crippen LogP contribution in [0.2, 0.25) is 0 Å². The smallest absolute Gasteiger partial charge is 0.253 e. The largest absolute Gasteiger partial charge is 0.463 e. The molecule has 8 rings (SSSR count). The molecule has 4 amide bonds. The summed E-state index contributed by atoms with van der Waals surface area (Å²) in [7, 11) is 1.33. The molecule has 0 bridgehead atoms. The van der Waals surface area contributed by atoms with Gasteiger partial charge in [0.05, 0.1) is 23.4 Å². The first-order chi connectivity index (χ1) is 21.6. The number of alkyl halides is 2. The molecular formula is C33H25Cl2N3O7. The van der Waals surface area contributed by atoms with Crippen LogP contribution in [0, 0.1) is 17.8 Å². The van der Waals surface area contributed by atoms with Gasteiger partial charge in [0.25, 0.3) is 11.8 Å². The second kappa shape index (κ2) is 9.62. The molecule has 12 heteroatoms. The number of allylic oxidation sites excluding steroid dienone is 2. The Morgan fingerprint density at radius 2 is 1.69 bits per heavy atom.